The van der Waals surface area contributed by atoms with Gasteiger partial charge in [-0.3, -0.25) is 0 Å². The summed E-state index contributed by atoms with van der Waals surface area (Å²) in [6, 6.07) is 2.77. The molecular weight excluding hydrogens is 479 g/mol. The Balaban J connectivity index is 0.00000167. The predicted octanol–water partition coefficient (Wildman–Crippen LogP) is 7.11. The molecule has 6 nitrogen and oxygen atoms in total. The lowest BCUT2D eigenvalue weighted by Crippen LogP contribution is -2.32. The molecule has 0 aliphatic heterocycles. The summed E-state index contributed by atoms with van der Waals surface area (Å²) in [6.07, 6.45) is 1.66. The van der Waals surface area contributed by atoms with Crippen LogP contribution in [-0.2, 0) is 5.60 Å². The third-order valence-electron chi connectivity index (χ3n) is 5.88. The molecule has 1 aromatic carbocycles. The zero-order valence-electron chi connectivity index (χ0n) is 21.0. The smallest absolute Gasteiger partial charge is 0.248 e. The molecule has 0 amide bonds. The average Bonchev–Trinajstić information content (AvgIpc) is 3.19. The monoisotopic (exact) mass is 511 g/mol. The Bertz CT molecular complexity index is 1180. The van der Waals surface area contributed by atoms with Crippen LogP contribution in [0.3, 0.4) is 0 Å². The molecule has 1 aliphatic rings. The number of aliphatic hydroxyl groups is 1. The van der Waals surface area contributed by atoms with Crippen LogP contribution < -0.4 is 5.32 Å². The molecule has 35 heavy (non-hydrogen) atoms. The minimum absolute atomic E-state index is 0.0893. The first-order valence-electron chi connectivity index (χ1n) is 12.0. The number of alkyl halides is 2. The van der Waals surface area contributed by atoms with Crippen molar-refractivity contribution in [2.75, 3.05) is 5.32 Å². The minimum Gasteiger partial charge on any atom is -0.383 e. The van der Waals surface area contributed by atoms with Crippen molar-refractivity contribution < 1.29 is 18.3 Å². The molecule has 0 unspecified atom stereocenters. The second kappa shape index (κ2) is 10.3. The van der Waals surface area contributed by atoms with E-state index >= 15 is 4.39 Å². The number of nitrogens with zero attached hydrogens (tertiary/aromatic N) is 4. The normalized spacial score (nSPS) is 16.3. The van der Waals surface area contributed by atoms with E-state index in [9.17, 15) is 13.9 Å². The fourth-order valence-corrected chi connectivity index (χ4v) is 4.45. The largest absolute Gasteiger partial charge is 0.383 e. The Morgan fingerprint density at radius 1 is 1.17 bits per heavy atom. The Labute approximate surface area is 209 Å². The summed E-state index contributed by atoms with van der Waals surface area (Å²) in [5.41, 5.74) is 0.135. The van der Waals surface area contributed by atoms with Gasteiger partial charge in [-0.2, -0.15) is 0 Å². The van der Waals surface area contributed by atoms with E-state index in [1.165, 1.54) is 12.3 Å². The van der Waals surface area contributed by atoms with Gasteiger partial charge in [0, 0.05) is 30.5 Å². The Morgan fingerprint density at radius 3 is 2.37 bits per heavy atom. The van der Waals surface area contributed by atoms with Gasteiger partial charge in [0.15, 0.2) is 5.82 Å². The summed E-state index contributed by atoms with van der Waals surface area (Å²) in [4.78, 5) is 13.0. The van der Waals surface area contributed by atoms with Gasteiger partial charge in [-0.05, 0) is 52.7 Å². The van der Waals surface area contributed by atoms with Crippen LogP contribution in [0.1, 0.15) is 79.1 Å². The van der Waals surface area contributed by atoms with Crippen LogP contribution in [0.2, 0.25) is 5.02 Å². The van der Waals surface area contributed by atoms with Crippen molar-refractivity contribution >= 4 is 28.6 Å². The van der Waals surface area contributed by atoms with Gasteiger partial charge in [-0.1, -0.05) is 25.4 Å². The highest BCUT2D eigenvalue weighted by atomic mass is 35.5. The number of anilines is 1. The fourth-order valence-electron chi connectivity index (χ4n) is 4.25. The second-order valence-electron chi connectivity index (χ2n) is 9.45. The highest BCUT2D eigenvalue weighted by molar-refractivity contribution is 6.33. The lowest BCUT2D eigenvalue weighted by Gasteiger charge is -2.28. The molecule has 2 aromatic heterocycles. The number of halogens is 4. The molecule has 1 aliphatic carbocycles. The maximum Gasteiger partial charge on any atom is 0.248 e. The van der Waals surface area contributed by atoms with Crippen molar-refractivity contribution in [2.24, 2.45) is 0 Å². The Hall–Kier alpha value is -2.39. The van der Waals surface area contributed by atoms with Gasteiger partial charge in [0.25, 0.3) is 0 Å². The molecule has 0 radical (unpaired) electrons. The van der Waals surface area contributed by atoms with E-state index in [0.29, 0.717) is 35.4 Å². The van der Waals surface area contributed by atoms with Crippen LogP contribution in [0.5, 0.6) is 0 Å². The lowest BCUT2D eigenvalue weighted by atomic mass is 9.92. The summed E-state index contributed by atoms with van der Waals surface area (Å²) in [7, 11) is 0. The number of imidazole rings is 1. The third-order valence-corrected chi connectivity index (χ3v) is 6.16. The topological polar surface area (TPSA) is 75.9 Å². The van der Waals surface area contributed by atoms with Gasteiger partial charge in [0.2, 0.25) is 11.9 Å². The summed E-state index contributed by atoms with van der Waals surface area (Å²) in [6.45, 7) is 11.1. The number of hydrogen-bond donors (Lipinski definition) is 2. The van der Waals surface area contributed by atoms with Crippen LogP contribution in [0.4, 0.5) is 19.1 Å². The van der Waals surface area contributed by atoms with E-state index in [0.717, 1.165) is 0 Å². The Morgan fingerprint density at radius 2 is 1.80 bits per heavy atom. The highest BCUT2D eigenvalue weighted by Crippen LogP contribution is 2.36. The molecule has 1 saturated carbocycles. The van der Waals surface area contributed by atoms with Gasteiger partial charge >= 0.3 is 0 Å². The quantitative estimate of drug-likeness (QED) is 0.381. The third kappa shape index (κ3) is 5.89. The first kappa shape index (κ1) is 27.2. The molecule has 0 saturated heterocycles. The van der Waals surface area contributed by atoms with Crippen molar-refractivity contribution in [1.29, 1.82) is 0 Å². The number of aromatic nitrogens is 4. The molecule has 1 fully saturated rings. The van der Waals surface area contributed by atoms with Crippen molar-refractivity contribution in [1.82, 2.24) is 19.5 Å². The first-order valence-corrected chi connectivity index (χ1v) is 12.3. The Kier molecular flexibility index (Phi) is 8.01. The maximum absolute atomic E-state index is 15.1. The molecule has 10 heteroatoms. The maximum atomic E-state index is 15.1. The molecule has 2 heterocycles. The van der Waals surface area contributed by atoms with Crippen molar-refractivity contribution in [3.63, 3.8) is 0 Å². The van der Waals surface area contributed by atoms with E-state index in [2.05, 4.69) is 20.3 Å². The highest BCUT2D eigenvalue weighted by Gasteiger charge is 2.35. The minimum atomic E-state index is -2.63. The number of rotatable bonds is 5. The van der Waals surface area contributed by atoms with Crippen molar-refractivity contribution in [3.05, 3.63) is 35.0 Å². The van der Waals surface area contributed by atoms with E-state index < -0.39 is 17.3 Å². The molecule has 0 atom stereocenters. The van der Waals surface area contributed by atoms with Crippen molar-refractivity contribution in [2.45, 2.75) is 90.8 Å². The number of fused-ring (bicyclic) bond motifs is 1. The zero-order valence-corrected chi connectivity index (χ0v) is 21.7. The summed E-state index contributed by atoms with van der Waals surface area (Å²) in [5.74, 6) is -2.59. The average molecular weight is 512 g/mol. The molecule has 4 rings (SSSR count). The van der Waals surface area contributed by atoms with Crippen LogP contribution in [0.15, 0.2) is 18.3 Å². The molecule has 192 valence electrons. The van der Waals surface area contributed by atoms with E-state index in [-0.39, 0.29) is 41.4 Å². The number of nitrogens with one attached hydrogen (secondary N) is 1. The van der Waals surface area contributed by atoms with E-state index in [4.69, 9.17) is 11.6 Å². The van der Waals surface area contributed by atoms with E-state index in [1.54, 1.807) is 24.5 Å². The van der Waals surface area contributed by atoms with Gasteiger partial charge in [0.1, 0.15) is 16.9 Å². The fraction of sp³-hybridized carbons (Fsp3) is 0.560. The molecule has 2 N–H and O–H groups in total. The second-order valence-corrected chi connectivity index (χ2v) is 9.86. The summed E-state index contributed by atoms with van der Waals surface area (Å²) >= 11 is 6.36. The van der Waals surface area contributed by atoms with E-state index in [1.807, 2.05) is 27.7 Å². The van der Waals surface area contributed by atoms with Crippen LogP contribution >= 0.6 is 11.6 Å². The summed E-state index contributed by atoms with van der Waals surface area (Å²) < 4.78 is 43.8. The molecule has 0 spiro atoms. The molecular formula is C25H33ClF3N5O. The molecule has 0 bridgehead atoms. The number of hydrogen-bond acceptors (Lipinski definition) is 5. The first-order chi connectivity index (χ1) is 16.4. The standard InChI is InChI=1S/C23H27ClF3N5O.C2H6/c1-12(2)32-17-10-13(9-16(25)19(17)30-20(32)22(3,4)33)18-15(24)11-28-21(31-18)29-14-5-7-23(26,27)8-6-14;1-2/h9-12,14,33H,5-8H2,1-4H3,(H,28,29,31);1-2H3. The van der Waals surface area contributed by atoms with Gasteiger partial charge in [-0.25, -0.2) is 28.1 Å². The predicted molar refractivity (Wildman–Crippen MR) is 134 cm³/mol. The van der Waals surface area contributed by atoms with Crippen LogP contribution in [0, 0.1) is 5.82 Å². The van der Waals surface area contributed by atoms with Crippen LogP contribution in [0.25, 0.3) is 22.3 Å². The molecule has 3 aromatic rings. The summed E-state index contributed by atoms with van der Waals surface area (Å²) in [5, 5.41) is 13.9. The number of benzene rings is 1. The van der Waals surface area contributed by atoms with Gasteiger partial charge < -0.3 is 15.0 Å². The van der Waals surface area contributed by atoms with Gasteiger partial charge in [0.05, 0.1) is 22.4 Å². The van der Waals surface area contributed by atoms with Crippen LogP contribution in [-0.4, -0.2) is 36.6 Å². The van der Waals surface area contributed by atoms with Gasteiger partial charge in [-0.15, -0.1) is 0 Å². The van der Waals surface area contributed by atoms with Crippen molar-refractivity contribution in [3.8, 4) is 11.3 Å². The lowest BCUT2D eigenvalue weighted by molar-refractivity contribution is -0.0361. The zero-order chi connectivity index (χ0) is 26.1. The SMILES string of the molecule is CC.CC(C)n1c(C(C)(C)O)nc2c(F)cc(-c3nc(NC4CCC(F)(F)CC4)ncc3Cl)cc21.